The largest absolute Gasteiger partial charge is 0.481 e. The number of carbonyl (C=O) groups excluding carboxylic acids is 1. The van der Waals surface area contributed by atoms with E-state index in [1.54, 1.807) is 0 Å². The molecule has 0 fully saturated rings. The fourth-order valence-electron chi connectivity index (χ4n) is 1.84. The van der Waals surface area contributed by atoms with E-state index >= 15 is 0 Å². The minimum absolute atomic E-state index is 0.00122. The Morgan fingerprint density at radius 1 is 1.29 bits per heavy atom. The van der Waals surface area contributed by atoms with Gasteiger partial charge in [-0.1, -0.05) is 18.6 Å². The first-order chi connectivity index (χ1) is 8.09. The summed E-state index contributed by atoms with van der Waals surface area (Å²) in [5.41, 5.74) is 5.66. The molecule has 4 N–H and O–H groups in total. The molecule has 2 atom stereocenters. The highest BCUT2D eigenvalue weighted by molar-refractivity contribution is 5.81. The third-order valence-electron chi connectivity index (χ3n) is 2.82. The number of carboxylic acid groups (broad SMARTS) is 1. The molecule has 1 aliphatic rings. The molecule has 5 nitrogen and oxygen atoms in total. The number of rotatable bonds is 7. The van der Waals surface area contributed by atoms with Gasteiger partial charge in [-0.05, 0) is 19.3 Å². The summed E-state index contributed by atoms with van der Waals surface area (Å²) in [6, 6.07) is 0.00122. The Hall–Kier alpha value is -1.36. The van der Waals surface area contributed by atoms with E-state index in [9.17, 15) is 9.59 Å². The van der Waals surface area contributed by atoms with Crippen molar-refractivity contribution in [2.75, 3.05) is 6.54 Å². The van der Waals surface area contributed by atoms with E-state index in [1.165, 1.54) is 0 Å². The van der Waals surface area contributed by atoms with Crippen molar-refractivity contribution in [3.63, 3.8) is 0 Å². The standard InChI is InChI=1S/C12H20N2O3/c13-10-6-5-9(8-10)12(17)14-7-3-1-2-4-11(15)16/h5-6,9-10H,1-4,7-8,13H2,(H,14,17)(H,15,16). The van der Waals surface area contributed by atoms with Crippen molar-refractivity contribution in [2.45, 2.75) is 38.1 Å². The molecule has 1 aliphatic carbocycles. The number of unbranched alkanes of at least 4 members (excludes halogenated alkanes) is 2. The van der Waals surface area contributed by atoms with Crippen LogP contribution in [-0.4, -0.2) is 29.6 Å². The first-order valence-corrected chi connectivity index (χ1v) is 6.03. The Morgan fingerprint density at radius 2 is 2.06 bits per heavy atom. The molecule has 0 aromatic heterocycles. The van der Waals surface area contributed by atoms with Crippen LogP contribution in [0.25, 0.3) is 0 Å². The normalized spacial score (nSPS) is 22.6. The Morgan fingerprint density at radius 3 is 2.65 bits per heavy atom. The maximum atomic E-state index is 11.6. The van der Waals surface area contributed by atoms with Crippen molar-refractivity contribution in [3.8, 4) is 0 Å². The van der Waals surface area contributed by atoms with Gasteiger partial charge >= 0.3 is 5.97 Å². The molecule has 0 saturated heterocycles. The van der Waals surface area contributed by atoms with Crippen LogP contribution in [0.15, 0.2) is 12.2 Å². The predicted molar refractivity (Wildman–Crippen MR) is 64.3 cm³/mol. The van der Waals surface area contributed by atoms with Crippen LogP contribution in [0.2, 0.25) is 0 Å². The van der Waals surface area contributed by atoms with Gasteiger partial charge < -0.3 is 16.2 Å². The number of nitrogens with two attached hydrogens (primary N) is 1. The van der Waals surface area contributed by atoms with E-state index in [4.69, 9.17) is 10.8 Å². The number of carboxylic acids is 1. The summed E-state index contributed by atoms with van der Waals surface area (Å²) in [6.07, 6.45) is 6.91. The van der Waals surface area contributed by atoms with Crippen LogP contribution in [0.3, 0.4) is 0 Å². The van der Waals surface area contributed by atoms with Crippen molar-refractivity contribution in [1.82, 2.24) is 5.32 Å². The van der Waals surface area contributed by atoms with E-state index in [2.05, 4.69) is 5.32 Å². The molecular weight excluding hydrogens is 220 g/mol. The van der Waals surface area contributed by atoms with Gasteiger partial charge in [-0.3, -0.25) is 9.59 Å². The average molecular weight is 240 g/mol. The van der Waals surface area contributed by atoms with E-state index in [1.807, 2.05) is 12.2 Å². The molecule has 0 heterocycles. The quantitative estimate of drug-likeness (QED) is 0.450. The highest BCUT2D eigenvalue weighted by Gasteiger charge is 2.21. The lowest BCUT2D eigenvalue weighted by molar-refractivity contribution is -0.137. The van der Waals surface area contributed by atoms with Crippen LogP contribution in [0.1, 0.15) is 32.1 Å². The van der Waals surface area contributed by atoms with Crippen LogP contribution in [-0.2, 0) is 9.59 Å². The Labute approximate surface area is 101 Å². The molecule has 1 rings (SSSR count). The summed E-state index contributed by atoms with van der Waals surface area (Å²) in [5, 5.41) is 11.3. The molecule has 0 bridgehead atoms. The third kappa shape index (κ3) is 5.49. The maximum absolute atomic E-state index is 11.6. The fraction of sp³-hybridized carbons (Fsp3) is 0.667. The second kappa shape index (κ2) is 7.06. The van der Waals surface area contributed by atoms with E-state index < -0.39 is 5.97 Å². The third-order valence-corrected chi connectivity index (χ3v) is 2.82. The number of hydrogen-bond acceptors (Lipinski definition) is 3. The van der Waals surface area contributed by atoms with Crippen molar-refractivity contribution < 1.29 is 14.7 Å². The lowest BCUT2D eigenvalue weighted by Gasteiger charge is -2.10. The Balaban J connectivity index is 2.01. The van der Waals surface area contributed by atoms with Crippen molar-refractivity contribution in [2.24, 2.45) is 11.7 Å². The Kier molecular flexibility index (Phi) is 5.69. The average Bonchev–Trinajstić information content (AvgIpc) is 2.69. The van der Waals surface area contributed by atoms with Gasteiger partial charge in [-0.25, -0.2) is 0 Å². The summed E-state index contributed by atoms with van der Waals surface area (Å²) >= 11 is 0. The molecule has 0 aromatic carbocycles. The minimum atomic E-state index is -0.765. The van der Waals surface area contributed by atoms with Gasteiger partial charge in [0.2, 0.25) is 5.91 Å². The van der Waals surface area contributed by atoms with E-state index in [-0.39, 0.29) is 24.3 Å². The molecule has 0 spiro atoms. The van der Waals surface area contributed by atoms with Gasteiger partial charge in [-0.2, -0.15) is 0 Å². The number of aliphatic carboxylic acids is 1. The monoisotopic (exact) mass is 240 g/mol. The van der Waals surface area contributed by atoms with Gasteiger partial charge in [0.15, 0.2) is 0 Å². The molecule has 2 unspecified atom stereocenters. The van der Waals surface area contributed by atoms with Gasteiger partial charge in [0.1, 0.15) is 0 Å². The molecule has 96 valence electrons. The molecule has 0 aromatic rings. The second-order valence-electron chi connectivity index (χ2n) is 4.39. The number of nitrogens with one attached hydrogen (secondary N) is 1. The van der Waals surface area contributed by atoms with Gasteiger partial charge in [0.05, 0.1) is 5.92 Å². The van der Waals surface area contributed by atoms with Crippen LogP contribution < -0.4 is 11.1 Å². The number of amides is 1. The number of hydrogen-bond donors (Lipinski definition) is 3. The van der Waals surface area contributed by atoms with E-state index in [0.29, 0.717) is 19.4 Å². The van der Waals surface area contributed by atoms with Crippen molar-refractivity contribution in [3.05, 3.63) is 12.2 Å². The van der Waals surface area contributed by atoms with Gasteiger partial charge in [-0.15, -0.1) is 0 Å². The zero-order chi connectivity index (χ0) is 12.7. The molecule has 5 heteroatoms. The van der Waals surface area contributed by atoms with Crippen LogP contribution in [0, 0.1) is 5.92 Å². The highest BCUT2D eigenvalue weighted by atomic mass is 16.4. The molecule has 17 heavy (non-hydrogen) atoms. The summed E-state index contributed by atoms with van der Waals surface area (Å²) in [4.78, 5) is 21.9. The second-order valence-corrected chi connectivity index (χ2v) is 4.39. The molecule has 0 aliphatic heterocycles. The topological polar surface area (TPSA) is 92.4 Å². The van der Waals surface area contributed by atoms with Crippen LogP contribution >= 0.6 is 0 Å². The lowest BCUT2D eigenvalue weighted by atomic mass is 10.1. The summed E-state index contributed by atoms with van der Waals surface area (Å²) in [6.45, 7) is 0.609. The molecular formula is C12H20N2O3. The lowest BCUT2D eigenvalue weighted by Crippen LogP contribution is -2.31. The SMILES string of the molecule is NC1C=CC(C(=O)NCCCCCC(=O)O)C1. The predicted octanol–water partition coefficient (Wildman–Crippen LogP) is 0.651. The zero-order valence-corrected chi connectivity index (χ0v) is 9.89. The van der Waals surface area contributed by atoms with Crippen molar-refractivity contribution in [1.29, 1.82) is 0 Å². The molecule has 0 radical (unpaired) electrons. The number of carbonyl (C=O) groups is 2. The van der Waals surface area contributed by atoms with Crippen LogP contribution in [0.4, 0.5) is 0 Å². The first kappa shape index (κ1) is 13.7. The molecule has 1 amide bonds. The maximum Gasteiger partial charge on any atom is 0.303 e. The highest BCUT2D eigenvalue weighted by Crippen LogP contribution is 2.16. The minimum Gasteiger partial charge on any atom is -0.481 e. The Bertz CT molecular complexity index is 302. The zero-order valence-electron chi connectivity index (χ0n) is 9.89. The van der Waals surface area contributed by atoms with E-state index in [0.717, 1.165) is 12.8 Å². The van der Waals surface area contributed by atoms with Crippen LogP contribution in [0.5, 0.6) is 0 Å². The van der Waals surface area contributed by atoms with Crippen molar-refractivity contribution >= 4 is 11.9 Å². The van der Waals surface area contributed by atoms with Gasteiger partial charge in [0.25, 0.3) is 0 Å². The molecule has 0 saturated carbocycles. The van der Waals surface area contributed by atoms with Gasteiger partial charge in [0, 0.05) is 19.0 Å². The fourth-order valence-corrected chi connectivity index (χ4v) is 1.84. The summed E-state index contributed by atoms with van der Waals surface area (Å²) in [5.74, 6) is -0.837. The smallest absolute Gasteiger partial charge is 0.303 e. The first-order valence-electron chi connectivity index (χ1n) is 6.03. The summed E-state index contributed by atoms with van der Waals surface area (Å²) < 4.78 is 0. The summed E-state index contributed by atoms with van der Waals surface area (Å²) in [7, 11) is 0.